The second kappa shape index (κ2) is 4.54. The van der Waals surface area contributed by atoms with Gasteiger partial charge in [0.05, 0.1) is 0 Å². The van der Waals surface area contributed by atoms with Gasteiger partial charge in [-0.15, -0.1) is 0 Å². The van der Waals surface area contributed by atoms with Gasteiger partial charge in [-0.1, -0.05) is 0 Å². The van der Waals surface area contributed by atoms with Crippen molar-refractivity contribution in [2.75, 3.05) is 6.54 Å². The lowest BCUT2D eigenvalue weighted by atomic mass is 10.2. The maximum atomic E-state index is 10.2. The second-order valence-electron chi connectivity index (χ2n) is 2.07. The Kier molecular flexibility index (Phi) is 4.42. The number of hydrogen-bond donors (Lipinski definition) is 4. The summed E-state index contributed by atoms with van der Waals surface area (Å²) in [5, 5.41) is 8.21. The lowest BCUT2D eigenvalue weighted by Gasteiger charge is -2.09. The van der Waals surface area contributed by atoms with E-state index in [4.69, 9.17) is 16.6 Å². The first-order chi connectivity index (χ1) is 4.57. The number of thiol groups is 1. The van der Waals surface area contributed by atoms with Crippen molar-refractivity contribution in [2.24, 2.45) is 11.5 Å². The molecule has 10 heavy (non-hydrogen) atoms. The van der Waals surface area contributed by atoms with Crippen LogP contribution in [0.25, 0.3) is 0 Å². The highest BCUT2D eigenvalue weighted by Gasteiger charge is 2.14. The zero-order valence-electron chi connectivity index (χ0n) is 5.53. The molecule has 0 fully saturated rings. The minimum atomic E-state index is -1.01. The highest BCUT2D eigenvalue weighted by Crippen LogP contribution is 2.01. The van der Waals surface area contributed by atoms with Gasteiger partial charge in [-0.2, -0.15) is 12.6 Å². The molecule has 0 saturated carbocycles. The Hall–Kier alpha value is -0.260. The van der Waals surface area contributed by atoms with Gasteiger partial charge in [0, 0.05) is 11.8 Å². The predicted octanol–water partition coefficient (Wildman–Crippen LogP) is -0.955. The molecule has 0 aromatic carbocycles. The number of carboxylic acids is 1. The average molecular weight is 164 g/mol. The van der Waals surface area contributed by atoms with E-state index in [1.54, 1.807) is 0 Å². The van der Waals surface area contributed by atoms with E-state index in [0.717, 1.165) is 0 Å². The molecule has 0 bridgehead atoms. The van der Waals surface area contributed by atoms with Crippen molar-refractivity contribution in [3.63, 3.8) is 0 Å². The fourth-order valence-corrected chi connectivity index (χ4v) is 0.717. The van der Waals surface area contributed by atoms with E-state index >= 15 is 0 Å². The van der Waals surface area contributed by atoms with E-state index in [2.05, 4.69) is 12.6 Å². The highest BCUT2D eigenvalue weighted by molar-refractivity contribution is 7.81. The third-order valence-corrected chi connectivity index (χ3v) is 1.54. The summed E-state index contributed by atoms with van der Waals surface area (Å²) in [6.45, 7) is 0.351. The van der Waals surface area contributed by atoms with Gasteiger partial charge in [0.15, 0.2) is 0 Å². The molecule has 5 heteroatoms. The third-order valence-electron chi connectivity index (χ3n) is 1.12. The Bertz CT molecular complexity index is 120. The quantitative estimate of drug-likeness (QED) is 0.403. The number of nitrogens with two attached hydrogens (primary N) is 2. The van der Waals surface area contributed by atoms with Crippen LogP contribution in [0.2, 0.25) is 0 Å². The summed E-state index contributed by atoms with van der Waals surface area (Å²) in [5.74, 6) is -1.01. The smallest absolute Gasteiger partial charge is 0.320 e. The van der Waals surface area contributed by atoms with Crippen LogP contribution in [0, 0.1) is 0 Å². The zero-order chi connectivity index (χ0) is 8.15. The van der Waals surface area contributed by atoms with Crippen molar-refractivity contribution in [3.8, 4) is 0 Å². The van der Waals surface area contributed by atoms with E-state index < -0.39 is 12.0 Å². The van der Waals surface area contributed by atoms with Crippen molar-refractivity contribution in [1.82, 2.24) is 0 Å². The van der Waals surface area contributed by atoms with Crippen LogP contribution in [-0.2, 0) is 4.79 Å². The molecular weight excluding hydrogens is 152 g/mol. The summed E-state index contributed by atoms with van der Waals surface area (Å²) < 4.78 is 0. The summed E-state index contributed by atoms with van der Waals surface area (Å²) in [6, 6.07) is -0.842. The molecule has 0 saturated heterocycles. The molecule has 0 aliphatic rings. The van der Waals surface area contributed by atoms with E-state index in [1.165, 1.54) is 0 Å². The van der Waals surface area contributed by atoms with E-state index in [-0.39, 0.29) is 5.25 Å². The van der Waals surface area contributed by atoms with E-state index in [0.29, 0.717) is 13.0 Å². The summed E-state index contributed by atoms with van der Waals surface area (Å²) in [6.07, 6.45) is 0.314. The number of rotatable bonds is 4. The first-order valence-electron chi connectivity index (χ1n) is 2.94. The highest BCUT2D eigenvalue weighted by atomic mass is 32.1. The molecule has 2 atom stereocenters. The molecular formula is C5H12N2O2S. The molecule has 0 amide bonds. The monoisotopic (exact) mass is 164 g/mol. The summed E-state index contributed by atoms with van der Waals surface area (Å²) in [7, 11) is 0. The molecule has 0 aliphatic heterocycles. The van der Waals surface area contributed by atoms with Gasteiger partial charge >= 0.3 is 5.97 Å². The van der Waals surface area contributed by atoms with Gasteiger partial charge in [-0.25, -0.2) is 0 Å². The summed E-state index contributed by atoms with van der Waals surface area (Å²) in [5.41, 5.74) is 10.4. The Morgan fingerprint density at radius 2 is 2.20 bits per heavy atom. The molecule has 0 heterocycles. The summed E-state index contributed by atoms with van der Waals surface area (Å²) in [4.78, 5) is 10.2. The lowest BCUT2D eigenvalue weighted by molar-refractivity contribution is -0.138. The van der Waals surface area contributed by atoms with Crippen LogP contribution in [0.3, 0.4) is 0 Å². The van der Waals surface area contributed by atoms with Crippen LogP contribution in [0.1, 0.15) is 6.42 Å². The third kappa shape index (κ3) is 3.71. The maximum absolute atomic E-state index is 10.2. The minimum absolute atomic E-state index is 0.119. The SMILES string of the molecule is NCC(S)CC(N)C(=O)O. The molecule has 60 valence electrons. The van der Waals surface area contributed by atoms with Crippen LogP contribution in [0.15, 0.2) is 0 Å². The Morgan fingerprint density at radius 1 is 1.70 bits per heavy atom. The molecule has 0 aromatic heterocycles. The van der Waals surface area contributed by atoms with E-state index in [9.17, 15) is 4.79 Å². The first kappa shape index (κ1) is 9.74. The van der Waals surface area contributed by atoms with Gasteiger partial charge < -0.3 is 16.6 Å². The first-order valence-corrected chi connectivity index (χ1v) is 3.46. The van der Waals surface area contributed by atoms with Crippen LogP contribution >= 0.6 is 12.6 Å². The van der Waals surface area contributed by atoms with Crippen LogP contribution in [0.4, 0.5) is 0 Å². The Labute approximate surface area is 65.0 Å². The molecule has 0 aliphatic carbocycles. The molecule has 2 unspecified atom stereocenters. The predicted molar refractivity (Wildman–Crippen MR) is 42.1 cm³/mol. The van der Waals surface area contributed by atoms with Crippen molar-refractivity contribution < 1.29 is 9.90 Å². The molecule has 0 aromatic rings. The van der Waals surface area contributed by atoms with Crippen molar-refractivity contribution in [3.05, 3.63) is 0 Å². The Morgan fingerprint density at radius 3 is 2.50 bits per heavy atom. The second-order valence-corrected chi connectivity index (χ2v) is 2.80. The number of carboxylic acid groups (broad SMARTS) is 1. The fraction of sp³-hybridized carbons (Fsp3) is 0.800. The van der Waals surface area contributed by atoms with Crippen molar-refractivity contribution in [2.45, 2.75) is 17.7 Å². The normalized spacial score (nSPS) is 16.3. The van der Waals surface area contributed by atoms with Crippen LogP contribution in [-0.4, -0.2) is 28.9 Å². The van der Waals surface area contributed by atoms with Gasteiger partial charge in [0.25, 0.3) is 0 Å². The largest absolute Gasteiger partial charge is 0.480 e. The van der Waals surface area contributed by atoms with Gasteiger partial charge in [0.1, 0.15) is 6.04 Å². The molecule has 0 rings (SSSR count). The molecule has 0 spiro atoms. The average Bonchev–Trinajstić information content (AvgIpc) is 1.87. The van der Waals surface area contributed by atoms with Crippen LogP contribution < -0.4 is 11.5 Å². The number of carbonyl (C=O) groups is 1. The van der Waals surface area contributed by atoms with Gasteiger partial charge in [-0.3, -0.25) is 4.79 Å². The maximum Gasteiger partial charge on any atom is 0.320 e. The van der Waals surface area contributed by atoms with Gasteiger partial charge in [-0.05, 0) is 6.42 Å². The lowest BCUT2D eigenvalue weighted by Crippen LogP contribution is -2.34. The Balaban J connectivity index is 3.56. The van der Waals surface area contributed by atoms with Crippen molar-refractivity contribution >= 4 is 18.6 Å². The topological polar surface area (TPSA) is 89.3 Å². The standard InChI is InChI=1S/C5H12N2O2S/c6-2-3(10)1-4(7)5(8)9/h3-4,10H,1-2,6-7H2,(H,8,9). The summed E-state index contributed by atoms with van der Waals surface area (Å²) >= 11 is 4.00. The molecule has 0 radical (unpaired) electrons. The minimum Gasteiger partial charge on any atom is -0.480 e. The van der Waals surface area contributed by atoms with Gasteiger partial charge in [0.2, 0.25) is 0 Å². The van der Waals surface area contributed by atoms with Crippen molar-refractivity contribution in [1.29, 1.82) is 0 Å². The van der Waals surface area contributed by atoms with E-state index in [1.807, 2.05) is 0 Å². The number of aliphatic carboxylic acids is 1. The zero-order valence-corrected chi connectivity index (χ0v) is 6.42. The fourth-order valence-electron chi connectivity index (χ4n) is 0.490. The molecule has 4 nitrogen and oxygen atoms in total. The number of hydrogen-bond acceptors (Lipinski definition) is 4. The molecule has 5 N–H and O–H groups in total. The van der Waals surface area contributed by atoms with Crippen LogP contribution in [0.5, 0.6) is 0 Å².